The lowest BCUT2D eigenvalue weighted by molar-refractivity contribution is 0.0928. The molecule has 0 atom stereocenters. The van der Waals surface area contributed by atoms with Crippen LogP contribution in [0.3, 0.4) is 0 Å². The summed E-state index contributed by atoms with van der Waals surface area (Å²) in [4.78, 5) is 12.5. The Morgan fingerprint density at radius 2 is 1.63 bits per heavy atom. The van der Waals surface area contributed by atoms with Gasteiger partial charge in [-0.05, 0) is 55.3 Å². The number of sulfonamides is 1. The van der Waals surface area contributed by atoms with Crippen LogP contribution in [0.4, 0.5) is 5.69 Å². The summed E-state index contributed by atoms with van der Waals surface area (Å²) < 4.78 is 27.3. The number of carbonyl (C=O) groups excluding carboxylic acids is 1. The first-order chi connectivity index (χ1) is 12.8. The van der Waals surface area contributed by atoms with E-state index in [1.165, 1.54) is 48.9 Å². The molecule has 0 heterocycles. The number of hydrogen-bond donors (Lipinski definition) is 2. The van der Waals surface area contributed by atoms with E-state index >= 15 is 0 Å². The molecule has 0 unspecified atom stereocenters. The molecule has 1 aliphatic carbocycles. The summed E-state index contributed by atoms with van der Waals surface area (Å²) in [6.07, 6.45) is 5.38. The molecule has 2 aromatic carbocycles. The molecule has 0 radical (unpaired) electrons. The van der Waals surface area contributed by atoms with Crippen molar-refractivity contribution in [3.05, 3.63) is 58.1 Å². The minimum Gasteiger partial charge on any atom is -0.349 e. The molecule has 0 spiro atoms. The summed E-state index contributed by atoms with van der Waals surface area (Å²) in [5.74, 6) is -0.237. The Bertz CT molecular complexity index is 924. The predicted molar refractivity (Wildman–Crippen MR) is 108 cm³/mol. The molecule has 0 aliphatic heterocycles. The minimum atomic E-state index is -3.77. The Morgan fingerprint density at radius 1 is 0.963 bits per heavy atom. The van der Waals surface area contributed by atoms with Gasteiger partial charge in [0.1, 0.15) is 0 Å². The number of hydrogen-bond acceptors (Lipinski definition) is 3. The zero-order chi connectivity index (χ0) is 19.4. The zero-order valence-electron chi connectivity index (χ0n) is 14.5. The summed E-state index contributed by atoms with van der Waals surface area (Å²) in [5.41, 5.74) is 0.612. The van der Waals surface area contributed by atoms with E-state index in [0.29, 0.717) is 10.6 Å². The molecule has 1 aliphatic rings. The predicted octanol–water partition coefficient (Wildman–Crippen LogP) is 4.86. The molecule has 0 saturated heterocycles. The standard InChI is InChI=1S/C19H20Cl2N2O3S/c20-13-6-9-16(10-7-13)27(25,26)23-15-8-11-17(18(21)12-15)19(24)22-14-4-2-1-3-5-14/h6-12,14,23H,1-5H2,(H,22,24). The molecule has 1 amide bonds. The number of carbonyl (C=O) groups is 1. The van der Waals surface area contributed by atoms with Crippen LogP contribution in [0.5, 0.6) is 0 Å². The van der Waals surface area contributed by atoms with Crippen molar-refractivity contribution >= 4 is 44.8 Å². The first kappa shape index (κ1) is 20.0. The van der Waals surface area contributed by atoms with Crippen molar-refractivity contribution in [2.24, 2.45) is 0 Å². The Labute approximate surface area is 169 Å². The van der Waals surface area contributed by atoms with Gasteiger partial charge < -0.3 is 5.32 Å². The Balaban J connectivity index is 1.72. The second kappa shape index (κ2) is 8.50. The fourth-order valence-corrected chi connectivity index (χ4v) is 4.54. The highest BCUT2D eigenvalue weighted by Crippen LogP contribution is 2.25. The van der Waals surface area contributed by atoms with Gasteiger partial charge in [-0.15, -0.1) is 0 Å². The molecular weight excluding hydrogens is 407 g/mol. The fraction of sp³-hybridized carbons (Fsp3) is 0.316. The highest BCUT2D eigenvalue weighted by Gasteiger charge is 2.19. The average Bonchev–Trinajstić information content (AvgIpc) is 2.62. The van der Waals surface area contributed by atoms with Gasteiger partial charge in [0.15, 0.2) is 0 Å². The van der Waals surface area contributed by atoms with E-state index in [9.17, 15) is 13.2 Å². The van der Waals surface area contributed by atoms with Crippen LogP contribution in [0.1, 0.15) is 42.5 Å². The first-order valence-electron chi connectivity index (χ1n) is 8.74. The van der Waals surface area contributed by atoms with Crippen molar-refractivity contribution < 1.29 is 13.2 Å². The summed E-state index contributed by atoms with van der Waals surface area (Å²) in [6, 6.07) is 10.5. The lowest BCUT2D eigenvalue weighted by Gasteiger charge is -2.23. The topological polar surface area (TPSA) is 75.3 Å². The van der Waals surface area contributed by atoms with Crippen molar-refractivity contribution in [3.63, 3.8) is 0 Å². The lowest BCUT2D eigenvalue weighted by atomic mass is 9.95. The molecule has 144 valence electrons. The molecule has 3 rings (SSSR count). The van der Waals surface area contributed by atoms with Crippen LogP contribution >= 0.6 is 23.2 Å². The van der Waals surface area contributed by atoms with Gasteiger partial charge in [-0.1, -0.05) is 42.5 Å². The van der Waals surface area contributed by atoms with Crippen molar-refractivity contribution in [1.82, 2.24) is 5.32 Å². The Kier molecular flexibility index (Phi) is 6.29. The largest absolute Gasteiger partial charge is 0.349 e. The van der Waals surface area contributed by atoms with E-state index in [1.807, 2.05) is 0 Å². The molecule has 5 nitrogen and oxygen atoms in total. The molecule has 2 aromatic rings. The van der Waals surface area contributed by atoms with Crippen molar-refractivity contribution in [2.45, 2.75) is 43.0 Å². The van der Waals surface area contributed by atoms with Gasteiger partial charge in [0.05, 0.1) is 21.2 Å². The third-order valence-electron chi connectivity index (χ3n) is 4.53. The van der Waals surface area contributed by atoms with Crippen molar-refractivity contribution in [2.75, 3.05) is 4.72 Å². The van der Waals surface area contributed by atoms with Crippen LogP contribution in [0.15, 0.2) is 47.4 Å². The highest BCUT2D eigenvalue weighted by molar-refractivity contribution is 7.92. The summed E-state index contributed by atoms with van der Waals surface area (Å²) in [7, 11) is -3.77. The molecular formula is C19H20Cl2N2O3S. The molecule has 0 bridgehead atoms. The smallest absolute Gasteiger partial charge is 0.261 e. The fourth-order valence-electron chi connectivity index (χ4n) is 3.10. The van der Waals surface area contributed by atoms with Gasteiger partial charge in [0.25, 0.3) is 15.9 Å². The maximum atomic E-state index is 12.4. The third-order valence-corrected chi connectivity index (χ3v) is 6.49. The minimum absolute atomic E-state index is 0.0853. The van der Waals surface area contributed by atoms with E-state index in [4.69, 9.17) is 23.2 Å². The summed E-state index contributed by atoms with van der Waals surface area (Å²) in [6.45, 7) is 0. The summed E-state index contributed by atoms with van der Waals surface area (Å²) >= 11 is 12.0. The van der Waals surface area contributed by atoms with Gasteiger partial charge >= 0.3 is 0 Å². The van der Waals surface area contributed by atoms with Gasteiger partial charge in [0, 0.05) is 11.1 Å². The number of nitrogens with one attached hydrogen (secondary N) is 2. The lowest BCUT2D eigenvalue weighted by Crippen LogP contribution is -2.36. The molecule has 1 fully saturated rings. The molecule has 2 N–H and O–H groups in total. The van der Waals surface area contributed by atoms with E-state index in [-0.39, 0.29) is 27.6 Å². The second-order valence-corrected chi connectivity index (χ2v) is 9.09. The second-order valence-electron chi connectivity index (χ2n) is 6.56. The van der Waals surface area contributed by atoms with Gasteiger partial charge in [-0.3, -0.25) is 9.52 Å². The average molecular weight is 427 g/mol. The molecule has 8 heteroatoms. The van der Waals surface area contributed by atoms with Crippen LogP contribution < -0.4 is 10.0 Å². The number of rotatable bonds is 5. The quantitative estimate of drug-likeness (QED) is 0.716. The number of amides is 1. The highest BCUT2D eigenvalue weighted by atomic mass is 35.5. The monoisotopic (exact) mass is 426 g/mol. The van der Waals surface area contributed by atoms with Crippen LogP contribution in [0.25, 0.3) is 0 Å². The van der Waals surface area contributed by atoms with Gasteiger partial charge in [0.2, 0.25) is 0 Å². The van der Waals surface area contributed by atoms with Crippen LogP contribution in [-0.2, 0) is 10.0 Å². The van der Waals surface area contributed by atoms with Crippen LogP contribution in [0.2, 0.25) is 10.0 Å². The summed E-state index contributed by atoms with van der Waals surface area (Å²) in [5, 5.41) is 3.64. The number of benzene rings is 2. The van der Waals surface area contributed by atoms with E-state index in [2.05, 4.69) is 10.0 Å². The molecule has 0 aromatic heterocycles. The normalized spacial score (nSPS) is 15.3. The first-order valence-corrected chi connectivity index (χ1v) is 11.0. The van der Waals surface area contributed by atoms with E-state index in [1.54, 1.807) is 0 Å². The maximum Gasteiger partial charge on any atom is 0.261 e. The Hall–Kier alpha value is -1.76. The molecule has 1 saturated carbocycles. The maximum absolute atomic E-state index is 12.4. The number of anilines is 1. The zero-order valence-corrected chi connectivity index (χ0v) is 16.9. The van der Waals surface area contributed by atoms with Crippen molar-refractivity contribution in [1.29, 1.82) is 0 Å². The molecule has 27 heavy (non-hydrogen) atoms. The Morgan fingerprint density at radius 3 is 2.26 bits per heavy atom. The van der Waals surface area contributed by atoms with Gasteiger partial charge in [-0.25, -0.2) is 8.42 Å². The third kappa shape index (κ3) is 5.15. The van der Waals surface area contributed by atoms with Crippen molar-refractivity contribution in [3.8, 4) is 0 Å². The van der Waals surface area contributed by atoms with Gasteiger partial charge in [-0.2, -0.15) is 0 Å². The SMILES string of the molecule is O=C(NC1CCCCC1)c1ccc(NS(=O)(=O)c2ccc(Cl)cc2)cc1Cl. The van der Waals surface area contributed by atoms with E-state index in [0.717, 1.165) is 25.7 Å². The van der Waals surface area contributed by atoms with E-state index < -0.39 is 10.0 Å². The number of halogens is 2. The van der Waals surface area contributed by atoms with Crippen LogP contribution in [-0.4, -0.2) is 20.4 Å². The van der Waals surface area contributed by atoms with Crippen LogP contribution in [0, 0.1) is 0 Å².